The van der Waals surface area contributed by atoms with E-state index in [2.05, 4.69) is 45.1 Å². The van der Waals surface area contributed by atoms with Crippen LogP contribution in [0.25, 0.3) is 0 Å². The maximum atomic E-state index is 5.38. The molecule has 18 heavy (non-hydrogen) atoms. The number of isothiocyanates is 1. The predicted molar refractivity (Wildman–Crippen MR) is 79.6 cm³/mol. The van der Waals surface area contributed by atoms with E-state index in [4.69, 9.17) is 5.73 Å². The number of thiocarbonyl (C=S) groups is 1. The lowest BCUT2D eigenvalue weighted by atomic mass is 10.1. The quantitative estimate of drug-likeness (QED) is 0.355. The first kappa shape index (κ1) is 15.0. The highest BCUT2D eigenvalue weighted by Crippen LogP contribution is 2.12. The summed E-state index contributed by atoms with van der Waals surface area (Å²) in [6, 6.07) is 8.05. The number of nitrogens with zero attached hydrogens (tertiary/aromatic N) is 1. The van der Waals surface area contributed by atoms with Crippen molar-refractivity contribution in [2.75, 3.05) is 32.7 Å². The number of hydrogen-bond acceptors (Lipinski definition) is 5. The second kappa shape index (κ2) is 9.88. The van der Waals surface area contributed by atoms with Crippen LogP contribution in [0.1, 0.15) is 5.56 Å². The highest BCUT2D eigenvalue weighted by atomic mass is 32.1. The molecule has 1 rings (SSSR count). The third-order valence-corrected chi connectivity index (χ3v) is 2.59. The van der Waals surface area contributed by atoms with Gasteiger partial charge in [0.25, 0.3) is 0 Å². The summed E-state index contributed by atoms with van der Waals surface area (Å²) in [6.07, 6.45) is 1.01. The van der Waals surface area contributed by atoms with Gasteiger partial charge < -0.3 is 16.4 Å². The summed E-state index contributed by atoms with van der Waals surface area (Å²) in [6.45, 7) is 4.47. The summed E-state index contributed by atoms with van der Waals surface area (Å²) in [5.41, 5.74) is 7.52. The van der Waals surface area contributed by atoms with Crippen LogP contribution in [0.3, 0.4) is 0 Å². The Labute approximate surface area is 114 Å². The lowest BCUT2D eigenvalue weighted by Crippen LogP contribution is -2.31. The van der Waals surface area contributed by atoms with Crippen LogP contribution in [-0.4, -0.2) is 37.9 Å². The van der Waals surface area contributed by atoms with Crippen molar-refractivity contribution in [1.82, 2.24) is 10.6 Å². The first-order valence-corrected chi connectivity index (χ1v) is 6.56. The molecule has 0 radical (unpaired) electrons. The Kier molecular flexibility index (Phi) is 8.21. The van der Waals surface area contributed by atoms with E-state index in [0.717, 1.165) is 38.3 Å². The molecule has 0 aliphatic rings. The van der Waals surface area contributed by atoms with E-state index in [9.17, 15) is 0 Å². The predicted octanol–water partition coefficient (Wildman–Crippen LogP) is 1.10. The third-order valence-electron chi connectivity index (χ3n) is 2.50. The molecule has 0 atom stereocenters. The van der Waals surface area contributed by atoms with Gasteiger partial charge in [-0.2, -0.15) is 4.99 Å². The summed E-state index contributed by atoms with van der Waals surface area (Å²) in [5.74, 6) is 0. The molecule has 0 aliphatic heterocycles. The monoisotopic (exact) mass is 264 g/mol. The van der Waals surface area contributed by atoms with Crippen LogP contribution < -0.4 is 16.4 Å². The van der Waals surface area contributed by atoms with E-state index in [1.807, 2.05) is 12.1 Å². The van der Waals surface area contributed by atoms with E-state index >= 15 is 0 Å². The molecule has 1 aromatic carbocycles. The third kappa shape index (κ3) is 6.59. The number of hydrogen-bond donors (Lipinski definition) is 3. The Balaban J connectivity index is 2.13. The van der Waals surface area contributed by atoms with E-state index < -0.39 is 0 Å². The zero-order chi connectivity index (χ0) is 13.1. The zero-order valence-corrected chi connectivity index (χ0v) is 11.3. The van der Waals surface area contributed by atoms with E-state index in [-0.39, 0.29) is 0 Å². The minimum absolute atomic E-state index is 0.691. The van der Waals surface area contributed by atoms with E-state index in [1.54, 1.807) is 0 Å². The van der Waals surface area contributed by atoms with Crippen LogP contribution >= 0.6 is 12.2 Å². The molecule has 98 valence electrons. The van der Waals surface area contributed by atoms with Gasteiger partial charge >= 0.3 is 0 Å². The summed E-state index contributed by atoms with van der Waals surface area (Å²) >= 11 is 4.56. The van der Waals surface area contributed by atoms with Crippen LogP contribution in [-0.2, 0) is 6.42 Å². The normalized spacial score (nSPS) is 10.1. The highest BCUT2D eigenvalue weighted by Gasteiger charge is 1.94. The van der Waals surface area contributed by atoms with Gasteiger partial charge in [-0.3, -0.25) is 0 Å². The number of nitrogens with one attached hydrogen (secondary N) is 2. The van der Waals surface area contributed by atoms with Crippen LogP contribution in [0.15, 0.2) is 29.3 Å². The molecule has 0 spiro atoms. The Morgan fingerprint density at radius 3 is 2.33 bits per heavy atom. The molecule has 0 aromatic heterocycles. The fourth-order valence-corrected chi connectivity index (χ4v) is 1.66. The Hall–Kier alpha value is -1.10. The molecular weight excluding hydrogens is 244 g/mol. The summed E-state index contributed by atoms with van der Waals surface area (Å²) in [5, 5.41) is 8.98. The minimum atomic E-state index is 0.691. The molecule has 0 amide bonds. The molecule has 0 saturated heterocycles. The average Bonchev–Trinajstić information content (AvgIpc) is 2.40. The maximum absolute atomic E-state index is 5.38. The number of rotatable bonds is 9. The van der Waals surface area contributed by atoms with E-state index in [0.29, 0.717) is 6.54 Å². The molecule has 0 aliphatic carbocycles. The van der Waals surface area contributed by atoms with Crippen molar-refractivity contribution in [3.8, 4) is 0 Å². The number of benzene rings is 1. The van der Waals surface area contributed by atoms with Crippen molar-refractivity contribution < 1.29 is 0 Å². The van der Waals surface area contributed by atoms with Gasteiger partial charge in [-0.25, -0.2) is 0 Å². The van der Waals surface area contributed by atoms with Crippen LogP contribution in [0, 0.1) is 0 Å². The Bertz CT molecular complexity index is 371. The fraction of sp³-hybridized carbons (Fsp3) is 0.462. The van der Waals surface area contributed by atoms with Gasteiger partial charge in [0, 0.05) is 26.2 Å². The van der Waals surface area contributed by atoms with Crippen LogP contribution in [0.4, 0.5) is 5.69 Å². The van der Waals surface area contributed by atoms with Gasteiger partial charge in [0.05, 0.1) is 10.8 Å². The standard InChI is InChI=1S/C13H20N4S/c14-6-8-16-10-9-15-7-5-12-1-3-13(4-2-12)17-11-18/h1-4,15-16H,5-10,14H2. The van der Waals surface area contributed by atoms with Crippen molar-refractivity contribution in [2.24, 2.45) is 10.7 Å². The number of nitrogens with two attached hydrogens (primary N) is 1. The first-order chi connectivity index (χ1) is 8.86. The summed E-state index contributed by atoms with van der Waals surface area (Å²) < 4.78 is 0. The van der Waals surface area contributed by atoms with E-state index in [1.165, 1.54) is 5.56 Å². The molecule has 0 bridgehead atoms. The van der Waals surface area contributed by atoms with Gasteiger partial charge in [-0.05, 0) is 42.9 Å². The van der Waals surface area contributed by atoms with Crippen molar-refractivity contribution in [3.63, 3.8) is 0 Å². The molecule has 0 heterocycles. The molecule has 0 saturated carbocycles. The summed E-state index contributed by atoms with van der Waals surface area (Å²) in [4.78, 5) is 3.92. The maximum Gasteiger partial charge on any atom is 0.0739 e. The van der Waals surface area contributed by atoms with Gasteiger partial charge in [-0.15, -0.1) is 0 Å². The van der Waals surface area contributed by atoms with Crippen molar-refractivity contribution in [2.45, 2.75) is 6.42 Å². The van der Waals surface area contributed by atoms with Crippen molar-refractivity contribution in [3.05, 3.63) is 29.8 Å². The highest BCUT2D eigenvalue weighted by molar-refractivity contribution is 7.78. The van der Waals surface area contributed by atoms with Crippen LogP contribution in [0.2, 0.25) is 0 Å². The Morgan fingerprint density at radius 2 is 1.72 bits per heavy atom. The average molecular weight is 264 g/mol. The SMILES string of the molecule is NCCNCCNCCc1ccc(N=C=S)cc1. The fourth-order valence-electron chi connectivity index (χ4n) is 1.55. The minimum Gasteiger partial charge on any atom is -0.329 e. The largest absolute Gasteiger partial charge is 0.329 e. The van der Waals surface area contributed by atoms with Crippen LogP contribution in [0.5, 0.6) is 0 Å². The second-order valence-corrected chi connectivity index (χ2v) is 4.09. The number of aliphatic imine (C=N–C) groups is 1. The van der Waals surface area contributed by atoms with Gasteiger partial charge in [0.15, 0.2) is 0 Å². The molecule has 1 aromatic rings. The second-order valence-electron chi connectivity index (χ2n) is 3.91. The molecule has 4 nitrogen and oxygen atoms in total. The first-order valence-electron chi connectivity index (χ1n) is 6.15. The summed E-state index contributed by atoms with van der Waals surface area (Å²) in [7, 11) is 0. The molecule has 5 heteroatoms. The topological polar surface area (TPSA) is 62.4 Å². The lowest BCUT2D eigenvalue weighted by Gasteiger charge is -2.06. The lowest BCUT2D eigenvalue weighted by molar-refractivity contribution is 0.615. The zero-order valence-electron chi connectivity index (χ0n) is 10.5. The van der Waals surface area contributed by atoms with Gasteiger partial charge in [0.2, 0.25) is 0 Å². The van der Waals surface area contributed by atoms with Crippen molar-refractivity contribution in [1.29, 1.82) is 0 Å². The smallest absolute Gasteiger partial charge is 0.0739 e. The van der Waals surface area contributed by atoms with Gasteiger partial charge in [0.1, 0.15) is 0 Å². The molecule has 0 fully saturated rings. The molecular formula is C13H20N4S. The molecule has 0 unspecified atom stereocenters. The van der Waals surface area contributed by atoms with Crippen molar-refractivity contribution >= 4 is 23.1 Å². The molecule has 4 N–H and O–H groups in total. The van der Waals surface area contributed by atoms with Gasteiger partial charge in [-0.1, -0.05) is 12.1 Å². The Morgan fingerprint density at radius 1 is 1.06 bits per heavy atom.